The van der Waals surface area contributed by atoms with Crippen molar-refractivity contribution < 1.29 is 18.0 Å². The number of hydrogen-bond donors (Lipinski definition) is 1. The number of nitrogens with one attached hydrogen (secondary N) is 1. The third kappa shape index (κ3) is 4.05. The van der Waals surface area contributed by atoms with Crippen LogP contribution in [0.4, 0.5) is 18.9 Å². The van der Waals surface area contributed by atoms with Crippen LogP contribution in [0.5, 0.6) is 0 Å². The van der Waals surface area contributed by atoms with E-state index in [0.29, 0.717) is 11.4 Å². The Morgan fingerprint density at radius 2 is 1.96 bits per heavy atom. The number of alkyl halides is 3. The van der Waals surface area contributed by atoms with Crippen LogP contribution in [0.2, 0.25) is 0 Å². The maximum atomic E-state index is 13.1. The van der Waals surface area contributed by atoms with E-state index in [0.717, 1.165) is 24.8 Å². The normalized spacial score (nSPS) is 14.6. The lowest BCUT2D eigenvalue weighted by molar-refractivity contribution is -0.142. The number of amides is 1. The summed E-state index contributed by atoms with van der Waals surface area (Å²) < 4.78 is 40.3. The number of nitrogens with zero attached hydrogens (tertiary/aromatic N) is 2. The summed E-state index contributed by atoms with van der Waals surface area (Å²) in [5.74, 6) is -0.385. The van der Waals surface area contributed by atoms with Crippen molar-refractivity contribution in [1.29, 1.82) is 0 Å². The Hall–Kier alpha value is -1.83. The number of carbonyl (C=O) groups excluding carboxylic acids is 1. The minimum absolute atomic E-state index is 0.0228. The van der Waals surface area contributed by atoms with Crippen LogP contribution in [-0.2, 0) is 23.9 Å². The molecule has 0 spiro atoms. The molecule has 25 heavy (non-hydrogen) atoms. The van der Waals surface area contributed by atoms with E-state index in [1.807, 2.05) is 19.1 Å². The average Bonchev–Trinajstić information content (AvgIpc) is 3.31. The Bertz CT molecular complexity index is 780. The summed E-state index contributed by atoms with van der Waals surface area (Å²) in [4.78, 5) is 12.2. The molecule has 0 aliphatic heterocycles. The standard InChI is InChI=1S/C17H17BrF3N3O/c1-2-10-3-7-12(8-4-10)22-13(25)9-24-15(11-5-6-11)14(18)16(23-24)17(19,20)21/h3-4,7-8,11H,2,5-6,9H2,1H3,(H,22,25). The number of aromatic nitrogens is 2. The van der Waals surface area contributed by atoms with Gasteiger partial charge in [0.05, 0.1) is 10.2 Å². The fourth-order valence-corrected chi connectivity index (χ4v) is 3.49. The molecule has 1 aliphatic rings. The van der Waals surface area contributed by atoms with Crippen LogP contribution in [0.1, 0.15) is 42.6 Å². The van der Waals surface area contributed by atoms with E-state index in [4.69, 9.17) is 0 Å². The highest BCUT2D eigenvalue weighted by Crippen LogP contribution is 2.46. The zero-order valence-corrected chi connectivity index (χ0v) is 15.1. The number of benzene rings is 1. The quantitative estimate of drug-likeness (QED) is 0.766. The van der Waals surface area contributed by atoms with E-state index in [1.54, 1.807) is 12.1 Å². The van der Waals surface area contributed by atoms with Gasteiger partial charge in [-0.1, -0.05) is 19.1 Å². The highest BCUT2D eigenvalue weighted by atomic mass is 79.9. The minimum atomic E-state index is -4.56. The molecular formula is C17H17BrF3N3O. The highest BCUT2D eigenvalue weighted by Gasteiger charge is 2.41. The predicted molar refractivity (Wildman–Crippen MR) is 91.4 cm³/mol. The Morgan fingerprint density at radius 3 is 2.48 bits per heavy atom. The van der Waals surface area contributed by atoms with Gasteiger partial charge in [0.2, 0.25) is 5.91 Å². The largest absolute Gasteiger partial charge is 0.436 e. The third-order valence-corrected chi connectivity index (χ3v) is 4.89. The van der Waals surface area contributed by atoms with Crippen molar-refractivity contribution in [2.24, 2.45) is 0 Å². The van der Waals surface area contributed by atoms with Crippen LogP contribution in [0, 0.1) is 0 Å². The molecule has 0 bridgehead atoms. The van der Waals surface area contributed by atoms with Gasteiger partial charge in [0.1, 0.15) is 6.54 Å². The zero-order chi connectivity index (χ0) is 18.2. The van der Waals surface area contributed by atoms with Crippen LogP contribution < -0.4 is 5.32 Å². The molecule has 1 N–H and O–H groups in total. The van der Waals surface area contributed by atoms with Gasteiger partial charge in [-0.15, -0.1) is 0 Å². The summed E-state index contributed by atoms with van der Waals surface area (Å²) in [7, 11) is 0. The van der Waals surface area contributed by atoms with Crippen LogP contribution in [0.3, 0.4) is 0 Å². The van der Waals surface area contributed by atoms with Gasteiger partial charge in [0.15, 0.2) is 5.69 Å². The monoisotopic (exact) mass is 415 g/mol. The first kappa shape index (κ1) is 18.0. The highest BCUT2D eigenvalue weighted by molar-refractivity contribution is 9.10. The molecular weight excluding hydrogens is 399 g/mol. The van der Waals surface area contributed by atoms with Gasteiger partial charge in [-0.25, -0.2) is 0 Å². The van der Waals surface area contributed by atoms with Gasteiger partial charge in [-0.3, -0.25) is 9.48 Å². The fraction of sp³-hybridized carbons (Fsp3) is 0.412. The number of anilines is 1. The van der Waals surface area contributed by atoms with E-state index >= 15 is 0 Å². The molecule has 4 nitrogen and oxygen atoms in total. The first-order valence-electron chi connectivity index (χ1n) is 8.01. The first-order valence-corrected chi connectivity index (χ1v) is 8.81. The molecule has 8 heteroatoms. The molecule has 1 aromatic heterocycles. The number of hydrogen-bond acceptors (Lipinski definition) is 2. The van der Waals surface area contributed by atoms with E-state index in [9.17, 15) is 18.0 Å². The number of aryl methyl sites for hydroxylation is 1. The molecule has 2 aromatic rings. The molecule has 1 aromatic carbocycles. The third-order valence-electron chi connectivity index (χ3n) is 4.10. The van der Waals surface area contributed by atoms with Crippen LogP contribution in [-0.4, -0.2) is 15.7 Å². The van der Waals surface area contributed by atoms with Gasteiger partial charge in [0, 0.05) is 11.6 Å². The smallest absolute Gasteiger partial charge is 0.324 e. The lowest BCUT2D eigenvalue weighted by Crippen LogP contribution is -2.21. The fourth-order valence-electron chi connectivity index (χ4n) is 2.66. The molecule has 1 amide bonds. The lowest BCUT2D eigenvalue weighted by atomic mass is 10.1. The van der Waals surface area contributed by atoms with Gasteiger partial charge < -0.3 is 5.32 Å². The maximum absolute atomic E-state index is 13.1. The molecule has 0 radical (unpaired) electrons. The van der Waals surface area contributed by atoms with Crippen LogP contribution >= 0.6 is 15.9 Å². The molecule has 1 fully saturated rings. The van der Waals surface area contributed by atoms with Crippen molar-refractivity contribution in [2.45, 2.75) is 44.8 Å². The Kier molecular flexibility index (Phi) is 4.90. The second-order valence-electron chi connectivity index (χ2n) is 6.08. The Morgan fingerprint density at radius 1 is 1.32 bits per heavy atom. The molecule has 1 aliphatic carbocycles. The van der Waals surface area contributed by atoms with E-state index in [1.165, 1.54) is 4.68 Å². The van der Waals surface area contributed by atoms with Gasteiger partial charge in [-0.2, -0.15) is 18.3 Å². The Balaban J connectivity index is 1.78. The Labute approximate surface area is 151 Å². The summed E-state index contributed by atoms with van der Waals surface area (Å²) in [6.07, 6.45) is -2.05. The molecule has 0 unspecified atom stereocenters. The zero-order valence-electron chi connectivity index (χ0n) is 13.5. The van der Waals surface area contributed by atoms with Crippen molar-refractivity contribution in [2.75, 3.05) is 5.32 Å². The SMILES string of the molecule is CCc1ccc(NC(=O)Cn2nc(C(F)(F)F)c(Br)c2C2CC2)cc1. The summed E-state index contributed by atoms with van der Waals surface area (Å²) in [6, 6.07) is 7.35. The van der Waals surface area contributed by atoms with E-state index < -0.39 is 17.8 Å². The topological polar surface area (TPSA) is 46.9 Å². The van der Waals surface area contributed by atoms with Crippen molar-refractivity contribution >= 4 is 27.5 Å². The molecule has 134 valence electrons. The molecule has 0 saturated heterocycles. The summed E-state index contributed by atoms with van der Waals surface area (Å²) in [6.45, 7) is 1.77. The minimum Gasteiger partial charge on any atom is -0.324 e. The summed E-state index contributed by atoms with van der Waals surface area (Å²) in [5.41, 5.74) is 1.22. The number of rotatable bonds is 5. The molecule has 1 heterocycles. The van der Waals surface area contributed by atoms with Crippen molar-refractivity contribution in [3.8, 4) is 0 Å². The van der Waals surface area contributed by atoms with Gasteiger partial charge in [-0.05, 0) is 52.9 Å². The summed E-state index contributed by atoms with van der Waals surface area (Å²) >= 11 is 3.02. The molecule has 1 saturated carbocycles. The number of halogens is 4. The van der Waals surface area contributed by atoms with Gasteiger partial charge >= 0.3 is 6.18 Å². The number of carbonyl (C=O) groups is 1. The summed E-state index contributed by atoms with van der Waals surface area (Å²) in [5, 5.41) is 6.33. The second kappa shape index (κ2) is 6.82. The molecule has 0 atom stereocenters. The van der Waals surface area contributed by atoms with Crippen molar-refractivity contribution in [3.63, 3.8) is 0 Å². The maximum Gasteiger partial charge on any atom is 0.436 e. The second-order valence-corrected chi connectivity index (χ2v) is 6.87. The van der Waals surface area contributed by atoms with E-state index in [-0.39, 0.29) is 16.9 Å². The predicted octanol–water partition coefficient (Wildman–Crippen LogP) is 4.74. The van der Waals surface area contributed by atoms with Gasteiger partial charge in [0.25, 0.3) is 0 Å². The average molecular weight is 416 g/mol. The van der Waals surface area contributed by atoms with E-state index in [2.05, 4.69) is 26.3 Å². The van der Waals surface area contributed by atoms with Crippen molar-refractivity contribution in [3.05, 3.63) is 45.7 Å². The van der Waals surface area contributed by atoms with Crippen molar-refractivity contribution in [1.82, 2.24) is 9.78 Å². The first-order chi connectivity index (χ1) is 11.8. The van der Waals surface area contributed by atoms with Crippen LogP contribution in [0.25, 0.3) is 0 Å². The molecule has 3 rings (SSSR count). The van der Waals surface area contributed by atoms with Crippen LogP contribution in [0.15, 0.2) is 28.7 Å². The lowest BCUT2D eigenvalue weighted by Gasteiger charge is -2.09.